The number of benzene rings is 2. The summed E-state index contributed by atoms with van der Waals surface area (Å²) in [6.07, 6.45) is 0. The third-order valence-electron chi connectivity index (χ3n) is 3.28. The van der Waals surface area contributed by atoms with Gasteiger partial charge in [-0.15, -0.1) is 0 Å². The first kappa shape index (κ1) is 15.2. The lowest BCUT2D eigenvalue weighted by atomic mass is 10.1. The van der Waals surface area contributed by atoms with Crippen LogP contribution in [0, 0.1) is 12.7 Å². The average molecular weight is 427 g/mol. The predicted molar refractivity (Wildman–Crippen MR) is 90.7 cm³/mol. The Morgan fingerprint density at radius 1 is 1.18 bits per heavy atom. The number of furan rings is 1. The second-order valence-electron chi connectivity index (χ2n) is 4.77. The molecular formula is C16H10Br2FNO2. The highest BCUT2D eigenvalue weighted by Crippen LogP contribution is 2.29. The van der Waals surface area contributed by atoms with Crippen LogP contribution in [-0.4, -0.2) is 5.91 Å². The summed E-state index contributed by atoms with van der Waals surface area (Å²) in [5.74, 6) is -0.571. The van der Waals surface area contributed by atoms with Crippen LogP contribution in [0.25, 0.3) is 11.0 Å². The van der Waals surface area contributed by atoms with Crippen LogP contribution in [0.3, 0.4) is 0 Å². The van der Waals surface area contributed by atoms with Gasteiger partial charge >= 0.3 is 0 Å². The highest BCUT2D eigenvalue weighted by Gasteiger charge is 2.19. The van der Waals surface area contributed by atoms with E-state index >= 15 is 0 Å². The van der Waals surface area contributed by atoms with Crippen molar-refractivity contribution < 1.29 is 13.6 Å². The number of rotatable bonds is 2. The predicted octanol–water partition coefficient (Wildman–Crippen LogP) is 5.66. The smallest absolute Gasteiger partial charge is 0.291 e. The van der Waals surface area contributed by atoms with Crippen molar-refractivity contribution in [3.8, 4) is 0 Å². The van der Waals surface area contributed by atoms with Crippen LogP contribution in [0.15, 0.2) is 49.8 Å². The van der Waals surface area contributed by atoms with Gasteiger partial charge in [-0.2, -0.15) is 0 Å². The minimum absolute atomic E-state index is 0.174. The zero-order chi connectivity index (χ0) is 15.9. The summed E-state index contributed by atoms with van der Waals surface area (Å²) in [7, 11) is 0. The lowest BCUT2D eigenvalue weighted by molar-refractivity contribution is 0.0998. The number of halogens is 3. The first-order valence-corrected chi connectivity index (χ1v) is 7.99. The molecule has 0 aliphatic rings. The van der Waals surface area contributed by atoms with Crippen LogP contribution in [0.2, 0.25) is 0 Å². The summed E-state index contributed by atoms with van der Waals surface area (Å²) in [6.45, 7) is 1.73. The molecule has 1 amide bonds. The van der Waals surface area contributed by atoms with Crippen molar-refractivity contribution in [1.29, 1.82) is 0 Å². The number of amides is 1. The molecule has 0 fully saturated rings. The van der Waals surface area contributed by atoms with Crippen molar-refractivity contribution in [1.82, 2.24) is 0 Å². The maximum Gasteiger partial charge on any atom is 0.291 e. The molecule has 3 aromatic rings. The van der Waals surface area contributed by atoms with Gasteiger partial charge in [-0.25, -0.2) is 4.39 Å². The molecule has 0 saturated carbocycles. The van der Waals surface area contributed by atoms with E-state index in [9.17, 15) is 9.18 Å². The normalized spacial score (nSPS) is 10.9. The van der Waals surface area contributed by atoms with Gasteiger partial charge in [-0.1, -0.05) is 15.9 Å². The number of hydrogen-bond acceptors (Lipinski definition) is 2. The third-order valence-corrected chi connectivity index (χ3v) is 4.47. The van der Waals surface area contributed by atoms with E-state index in [0.29, 0.717) is 22.2 Å². The first-order valence-electron chi connectivity index (χ1n) is 6.41. The second kappa shape index (κ2) is 5.85. The minimum Gasteiger partial charge on any atom is -0.451 e. The van der Waals surface area contributed by atoms with Crippen molar-refractivity contribution in [3.63, 3.8) is 0 Å². The Balaban J connectivity index is 1.99. The second-order valence-corrected chi connectivity index (χ2v) is 6.54. The average Bonchev–Trinajstić information content (AvgIpc) is 2.80. The summed E-state index contributed by atoms with van der Waals surface area (Å²) in [6, 6.07) is 9.64. The summed E-state index contributed by atoms with van der Waals surface area (Å²) >= 11 is 6.73. The molecule has 0 aliphatic carbocycles. The maximum absolute atomic E-state index is 13.3. The number of anilines is 1. The van der Waals surface area contributed by atoms with E-state index < -0.39 is 0 Å². The quantitative estimate of drug-likeness (QED) is 0.574. The molecular weight excluding hydrogens is 417 g/mol. The number of hydrogen-bond donors (Lipinski definition) is 1. The number of aryl methyl sites for hydroxylation is 1. The van der Waals surface area contributed by atoms with Crippen LogP contribution in [0.5, 0.6) is 0 Å². The molecule has 0 aliphatic heterocycles. The zero-order valence-electron chi connectivity index (χ0n) is 11.4. The zero-order valence-corrected chi connectivity index (χ0v) is 14.6. The van der Waals surface area contributed by atoms with Gasteiger partial charge in [0.15, 0.2) is 5.76 Å². The van der Waals surface area contributed by atoms with E-state index in [0.717, 1.165) is 8.95 Å². The van der Waals surface area contributed by atoms with Crippen molar-refractivity contribution >= 4 is 54.4 Å². The molecule has 3 nitrogen and oxygen atoms in total. The lowest BCUT2D eigenvalue weighted by Gasteiger charge is -2.06. The van der Waals surface area contributed by atoms with E-state index in [1.165, 1.54) is 18.2 Å². The fraction of sp³-hybridized carbons (Fsp3) is 0.0625. The van der Waals surface area contributed by atoms with Gasteiger partial charge in [0.2, 0.25) is 0 Å². The number of nitrogens with one attached hydrogen (secondary N) is 1. The molecule has 0 radical (unpaired) electrons. The Labute approximate surface area is 142 Å². The van der Waals surface area contributed by atoms with Gasteiger partial charge < -0.3 is 9.73 Å². The SMILES string of the molecule is Cc1c(C(=O)Nc2cc(Br)ccc2Br)oc2ccc(F)cc12. The molecule has 2 aromatic carbocycles. The highest BCUT2D eigenvalue weighted by atomic mass is 79.9. The first-order chi connectivity index (χ1) is 10.5. The van der Waals surface area contributed by atoms with E-state index in [1.807, 2.05) is 12.1 Å². The number of carbonyl (C=O) groups excluding carboxylic acids is 1. The van der Waals surface area contributed by atoms with Crippen molar-refractivity contribution in [2.75, 3.05) is 5.32 Å². The Hall–Kier alpha value is -1.66. The standard InChI is InChI=1S/C16H10Br2FNO2/c1-8-11-7-10(19)3-5-14(11)22-15(8)16(21)20-13-6-9(17)2-4-12(13)18/h2-7H,1H3,(H,20,21). The molecule has 0 saturated heterocycles. The van der Waals surface area contributed by atoms with Crippen molar-refractivity contribution in [2.24, 2.45) is 0 Å². The highest BCUT2D eigenvalue weighted by molar-refractivity contribution is 9.11. The summed E-state index contributed by atoms with van der Waals surface area (Å²) < 4.78 is 20.5. The largest absolute Gasteiger partial charge is 0.451 e. The van der Waals surface area contributed by atoms with Crippen LogP contribution >= 0.6 is 31.9 Å². The molecule has 0 atom stereocenters. The van der Waals surface area contributed by atoms with Crippen molar-refractivity contribution in [2.45, 2.75) is 6.92 Å². The Kier molecular flexibility index (Phi) is 4.06. The van der Waals surface area contributed by atoms with Crippen LogP contribution in [0.1, 0.15) is 16.1 Å². The number of fused-ring (bicyclic) bond motifs is 1. The van der Waals surface area contributed by atoms with Crippen molar-refractivity contribution in [3.05, 3.63) is 62.5 Å². The Morgan fingerprint density at radius 2 is 1.95 bits per heavy atom. The Morgan fingerprint density at radius 3 is 2.73 bits per heavy atom. The topological polar surface area (TPSA) is 42.2 Å². The van der Waals surface area contributed by atoms with Gasteiger partial charge in [-0.3, -0.25) is 4.79 Å². The Bertz CT molecular complexity index is 889. The maximum atomic E-state index is 13.3. The van der Waals surface area contributed by atoms with E-state index in [4.69, 9.17) is 4.42 Å². The molecule has 1 heterocycles. The molecule has 3 rings (SSSR count). The lowest BCUT2D eigenvalue weighted by Crippen LogP contribution is -2.12. The van der Waals surface area contributed by atoms with E-state index in [-0.39, 0.29) is 17.5 Å². The van der Waals surface area contributed by atoms with Gasteiger partial charge in [0.05, 0.1) is 5.69 Å². The monoisotopic (exact) mass is 425 g/mol. The number of carbonyl (C=O) groups is 1. The molecule has 6 heteroatoms. The summed E-state index contributed by atoms with van der Waals surface area (Å²) in [5, 5.41) is 3.38. The molecule has 0 bridgehead atoms. The molecule has 0 unspecified atom stereocenters. The van der Waals surface area contributed by atoms with Crippen LogP contribution < -0.4 is 5.32 Å². The van der Waals surface area contributed by atoms with Gasteiger partial charge in [0.1, 0.15) is 11.4 Å². The molecule has 1 aromatic heterocycles. The molecule has 22 heavy (non-hydrogen) atoms. The van der Waals surface area contributed by atoms with Crippen LogP contribution in [0.4, 0.5) is 10.1 Å². The molecule has 1 N–H and O–H groups in total. The minimum atomic E-state index is -0.382. The van der Waals surface area contributed by atoms with Crippen LogP contribution in [-0.2, 0) is 0 Å². The summed E-state index contributed by atoms with van der Waals surface area (Å²) in [4.78, 5) is 12.4. The van der Waals surface area contributed by atoms with E-state index in [2.05, 4.69) is 37.2 Å². The fourth-order valence-electron chi connectivity index (χ4n) is 2.18. The third kappa shape index (κ3) is 2.80. The van der Waals surface area contributed by atoms with Gasteiger partial charge in [-0.05, 0) is 59.3 Å². The van der Waals surface area contributed by atoms with Gasteiger partial charge in [0, 0.05) is 19.9 Å². The molecule has 0 spiro atoms. The summed E-state index contributed by atoms with van der Waals surface area (Å²) in [5.41, 5.74) is 1.71. The van der Waals surface area contributed by atoms with Gasteiger partial charge in [0.25, 0.3) is 5.91 Å². The molecule has 112 valence electrons. The fourth-order valence-corrected chi connectivity index (χ4v) is 2.89. The van der Waals surface area contributed by atoms with E-state index in [1.54, 1.807) is 13.0 Å².